The molecule has 2 amide bonds. The van der Waals surface area contributed by atoms with Crippen molar-refractivity contribution >= 4 is 63.3 Å². The Labute approximate surface area is 215 Å². The van der Waals surface area contributed by atoms with Crippen LogP contribution in [0.3, 0.4) is 0 Å². The first kappa shape index (κ1) is 26.4. The third-order valence-electron chi connectivity index (χ3n) is 5.24. The molecular weight excluding hydrogens is 493 g/mol. The van der Waals surface area contributed by atoms with E-state index in [2.05, 4.69) is 17.2 Å². The van der Waals surface area contributed by atoms with Crippen molar-refractivity contribution in [3.8, 4) is 5.75 Å². The Balaban J connectivity index is 1.55. The molecule has 3 rings (SSSR count). The molecule has 34 heavy (non-hydrogen) atoms. The first-order valence-electron chi connectivity index (χ1n) is 11.5. The number of halogens is 2. The van der Waals surface area contributed by atoms with E-state index < -0.39 is 5.25 Å². The fourth-order valence-corrected chi connectivity index (χ4v) is 4.93. The molecular formula is C25H29Cl2N3O3S. The van der Waals surface area contributed by atoms with Crippen LogP contribution in [0.2, 0.25) is 10.0 Å². The predicted octanol–water partition coefficient (Wildman–Crippen LogP) is 6.93. The van der Waals surface area contributed by atoms with Crippen LogP contribution in [0.5, 0.6) is 5.75 Å². The van der Waals surface area contributed by atoms with Gasteiger partial charge < -0.3 is 10.1 Å². The quantitative estimate of drug-likeness (QED) is 0.325. The summed E-state index contributed by atoms with van der Waals surface area (Å²) < 4.78 is 5.74. The van der Waals surface area contributed by atoms with Crippen molar-refractivity contribution in [3.63, 3.8) is 0 Å². The highest BCUT2D eigenvalue weighted by molar-refractivity contribution is 8.15. The lowest BCUT2D eigenvalue weighted by atomic mass is 10.2. The molecule has 1 unspecified atom stereocenters. The van der Waals surface area contributed by atoms with Crippen molar-refractivity contribution in [1.29, 1.82) is 0 Å². The summed E-state index contributed by atoms with van der Waals surface area (Å²) in [6.07, 6.45) is 4.66. The Morgan fingerprint density at radius 2 is 1.85 bits per heavy atom. The summed E-state index contributed by atoms with van der Waals surface area (Å²) in [5, 5.41) is 3.70. The number of ether oxygens (including phenoxy) is 1. The van der Waals surface area contributed by atoms with Gasteiger partial charge in [-0.2, -0.15) is 0 Å². The summed E-state index contributed by atoms with van der Waals surface area (Å²) in [7, 11) is 0. The van der Waals surface area contributed by atoms with Crippen LogP contribution in [-0.4, -0.2) is 40.3 Å². The highest BCUT2D eigenvalue weighted by Crippen LogP contribution is 2.33. The Morgan fingerprint density at radius 1 is 1.09 bits per heavy atom. The topological polar surface area (TPSA) is 71.0 Å². The molecule has 182 valence electrons. The summed E-state index contributed by atoms with van der Waals surface area (Å²) in [5.41, 5.74) is 1.26. The number of thioether (sulfide) groups is 1. The number of hydrogen-bond acceptors (Lipinski definition) is 5. The number of nitrogens with one attached hydrogen (secondary N) is 1. The van der Waals surface area contributed by atoms with E-state index in [0.717, 1.165) is 18.6 Å². The van der Waals surface area contributed by atoms with Crippen LogP contribution in [0.1, 0.15) is 46.0 Å². The molecule has 1 aliphatic heterocycles. The molecule has 1 fully saturated rings. The molecule has 6 nitrogen and oxygen atoms in total. The monoisotopic (exact) mass is 521 g/mol. The number of hydrogen-bond donors (Lipinski definition) is 1. The third-order valence-corrected chi connectivity index (χ3v) is 7.15. The standard InChI is InChI=1S/C25H29Cl2N3O3S/c1-3-5-6-7-14-33-19-11-8-17(9-12-19)28-23(31)16-22-24(32)30(4-2)25(34-22)29-18-10-13-20(26)21(27)15-18/h8-13,15,22H,3-7,14,16H2,1-2H3,(H,28,31). The number of unbranched alkanes of at least 4 members (excludes halogenated alkanes) is 3. The molecule has 0 aromatic heterocycles. The molecule has 9 heteroatoms. The third kappa shape index (κ3) is 7.39. The van der Waals surface area contributed by atoms with Crippen LogP contribution in [-0.2, 0) is 9.59 Å². The van der Waals surface area contributed by atoms with E-state index in [-0.39, 0.29) is 18.2 Å². The number of benzene rings is 2. The summed E-state index contributed by atoms with van der Waals surface area (Å²) in [6, 6.07) is 12.3. The van der Waals surface area contributed by atoms with E-state index in [1.807, 2.05) is 19.1 Å². The molecule has 1 atom stereocenters. The van der Waals surface area contributed by atoms with Gasteiger partial charge in [0.1, 0.15) is 11.0 Å². The highest BCUT2D eigenvalue weighted by atomic mass is 35.5. The zero-order valence-electron chi connectivity index (χ0n) is 19.4. The number of rotatable bonds is 11. The van der Waals surface area contributed by atoms with Gasteiger partial charge in [-0.25, -0.2) is 4.99 Å². The number of carbonyl (C=O) groups excluding carboxylic acids is 2. The Kier molecular flexibility index (Phi) is 10.1. The van der Waals surface area contributed by atoms with Crippen molar-refractivity contribution in [3.05, 3.63) is 52.5 Å². The number of carbonyl (C=O) groups is 2. The van der Waals surface area contributed by atoms with Crippen molar-refractivity contribution in [2.24, 2.45) is 4.99 Å². The zero-order valence-corrected chi connectivity index (χ0v) is 21.7. The number of aliphatic imine (C=N–C) groups is 1. The Morgan fingerprint density at radius 3 is 2.53 bits per heavy atom. The zero-order chi connectivity index (χ0) is 24.5. The average Bonchev–Trinajstić information content (AvgIpc) is 3.10. The van der Waals surface area contributed by atoms with E-state index in [4.69, 9.17) is 27.9 Å². The van der Waals surface area contributed by atoms with Gasteiger partial charge in [0.25, 0.3) is 0 Å². The summed E-state index contributed by atoms with van der Waals surface area (Å²) in [6.45, 7) is 5.20. The van der Waals surface area contributed by atoms with Crippen LogP contribution in [0.15, 0.2) is 47.5 Å². The largest absolute Gasteiger partial charge is 0.494 e. The van der Waals surface area contributed by atoms with Gasteiger partial charge in [-0.15, -0.1) is 0 Å². The second-order valence-electron chi connectivity index (χ2n) is 7.87. The normalized spacial score (nSPS) is 16.8. The van der Waals surface area contributed by atoms with Gasteiger partial charge >= 0.3 is 0 Å². The van der Waals surface area contributed by atoms with Gasteiger partial charge in [0, 0.05) is 18.7 Å². The van der Waals surface area contributed by atoms with Crippen LogP contribution in [0, 0.1) is 0 Å². The molecule has 1 heterocycles. The van der Waals surface area contributed by atoms with E-state index in [0.29, 0.717) is 39.7 Å². The van der Waals surface area contributed by atoms with Gasteiger partial charge in [0.05, 0.1) is 22.3 Å². The fourth-order valence-electron chi connectivity index (χ4n) is 3.41. The molecule has 1 saturated heterocycles. The fraction of sp³-hybridized carbons (Fsp3) is 0.400. The first-order valence-corrected chi connectivity index (χ1v) is 13.1. The van der Waals surface area contributed by atoms with Gasteiger partial charge in [0.2, 0.25) is 11.8 Å². The molecule has 1 N–H and O–H groups in total. The lowest BCUT2D eigenvalue weighted by Gasteiger charge is -2.13. The van der Waals surface area contributed by atoms with Gasteiger partial charge in [-0.1, -0.05) is 61.1 Å². The van der Waals surface area contributed by atoms with E-state index in [9.17, 15) is 9.59 Å². The second kappa shape index (κ2) is 13.0. The van der Waals surface area contributed by atoms with Crippen molar-refractivity contribution in [2.45, 2.75) is 51.2 Å². The smallest absolute Gasteiger partial charge is 0.242 e. The summed E-state index contributed by atoms with van der Waals surface area (Å²) in [5.74, 6) is 0.414. The van der Waals surface area contributed by atoms with Crippen LogP contribution in [0.25, 0.3) is 0 Å². The first-order chi connectivity index (χ1) is 16.4. The Hall–Kier alpha value is -2.22. The van der Waals surface area contributed by atoms with Crippen molar-refractivity contribution < 1.29 is 14.3 Å². The molecule has 2 aromatic rings. The second-order valence-corrected chi connectivity index (χ2v) is 9.85. The predicted molar refractivity (Wildman–Crippen MR) is 142 cm³/mol. The lowest BCUT2D eigenvalue weighted by Crippen LogP contribution is -2.33. The van der Waals surface area contributed by atoms with E-state index in [1.165, 1.54) is 24.6 Å². The van der Waals surface area contributed by atoms with Gasteiger partial charge in [0.15, 0.2) is 5.17 Å². The average molecular weight is 522 g/mol. The lowest BCUT2D eigenvalue weighted by molar-refractivity contribution is -0.128. The summed E-state index contributed by atoms with van der Waals surface area (Å²) >= 11 is 13.3. The number of nitrogens with zero attached hydrogens (tertiary/aromatic N) is 2. The maximum Gasteiger partial charge on any atom is 0.242 e. The van der Waals surface area contributed by atoms with E-state index in [1.54, 1.807) is 35.2 Å². The highest BCUT2D eigenvalue weighted by Gasteiger charge is 2.38. The SMILES string of the molecule is CCCCCCOc1ccc(NC(=O)CC2SC(=Nc3ccc(Cl)c(Cl)c3)N(CC)C2=O)cc1. The van der Waals surface area contributed by atoms with Crippen molar-refractivity contribution in [2.75, 3.05) is 18.5 Å². The molecule has 0 spiro atoms. The minimum absolute atomic E-state index is 0.0517. The number of amidine groups is 1. The molecule has 0 aliphatic carbocycles. The van der Waals surface area contributed by atoms with Gasteiger partial charge in [-0.3, -0.25) is 14.5 Å². The minimum Gasteiger partial charge on any atom is -0.494 e. The molecule has 0 saturated carbocycles. The van der Waals surface area contributed by atoms with Crippen LogP contribution in [0.4, 0.5) is 11.4 Å². The number of amides is 2. The van der Waals surface area contributed by atoms with Crippen LogP contribution < -0.4 is 10.1 Å². The minimum atomic E-state index is -0.535. The molecule has 2 aromatic carbocycles. The maximum absolute atomic E-state index is 12.8. The van der Waals surface area contributed by atoms with E-state index >= 15 is 0 Å². The van der Waals surface area contributed by atoms with Crippen molar-refractivity contribution in [1.82, 2.24) is 4.90 Å². The molecule has 0 bridgehead atoms. The molecule has 0 radical (unpaired) electrons. The summed E-state index contributed by atoms with van der Waals surface area (Å²) in [4.78, 5) is 31.6. The molecule has 1 aliphatic rings. The number of anilines is 1. The maximum atomic E-state index is 12.8. The van der Waals surface area contributed by atoms with Gasteiger partial charge in [-0.05, 0) is 55.8 Å². The van der Waals surface area contributed by atoms with Crippen LogP contribution >= 0.6 is 35.0 Å². The Bertz CT molecular complexity index is 1030.